The molecule has 1 aromatic rings. The Morgan fingerprint density at radius 3 is 2.74 bits per heavy atom. The van der Waals surface area contributed by atoms with Crippen LogP contribution in [0.5, 0.6) is 0 Å². The molecule has 0 bridgehead atoms. The molecule has 2 rings (SSSR count). The highest BCUT2D eigenvalue weighted by Gasteiger charge is 2.33. The number of carbonyl (C=O) groups is 1. The third-order valence-electron chi connectivity index (χ3n) is 3.64. The summed E-state index contributed by atoms with van der Waals surface area (Å²) in [7, 11) is 0. The van der Waals surface area contributed by atoms with Gasteiger partial charge in [0.25, 0.3) is 0 Å². The summed E-state index contributed by atoms with van der Waals surface area (Å²) >= 11 is 0. The smallest absolute Gasteiger partial charge is 0.237 e. The van der Waals surface area contributed by atoms with Crippen LogP contribution in [-0.4, -0.2) is 36.5 Å². The van der Waals surface area contributed by atoms with E-state index in [1.165, 1.54) is 12.1 Å². The first-order valence-electron chi connectivity index (χ1n) is 6.66. The van der Waals surface area contributed by atoms with Crippen LogP contribution < -0.4 is 11.1 Å². The molecule has 0 radical (unpaired) electrons. The molecule has 3 N–H and O–H groups in total. The highest BCUT2D eigenvalue weighted by molar-refractivity contribution is 5.82. The van der Waals surface area contributed by atoms with Crippen LogP contribution in [0.4, 0.5) is 4.39 Å². The normalized spacial score (nSPS) is 22.1. The number of hydrogen-bond donors (Lipinski definition) is 2. The number of amides is 1. The molecule has 5 heteroatoms. The molecule has 104 valence electrons. The Morgan fingerprint density at radius 2 is 2.16 bits per heavy atom. The van der Waals surface area contributed by atoms with Gasteiger partial charge < -0.3 is 11.1 Å². The molecular weight excluding hydrogens is 245 g/mol. The van der Waals surface area contributed by atoms with Gasteiger partial charge in [-0.05, 0) is 24.1 Å². The number of rotatable bonds is 4. The van der Waals surface area contributed by atoms with Crippen LogP contribution in [0.1, 0.15) is 24.9 Å². The average molecular weight is 265 g/mol. The summed E-state index contributed by atoms with van der Waals surface area (Å²) in [5.74, 6) is -0.211. The highest BCUT2D eigenvalue weighted by atomic mass is 19.1. The predicted molar refractivity (Wildman–Crippen MR) is 72.0 cm³/mol. The molecule has 1 fully saturated rings. The molecule has 0 spiro atoms. The molecule has 1 aliphatic heterocycles. The van der Waals surface area contributed by atoms with Crippen molar-refractivity contribution in [2.45, 2.75) is 25.4 Å². The van der Waals surface area contributed by atoms with Gasteiger partial charge in [-0.25, -0.2) is 4.39 Å². The third kappa shape index (κ3) is 2.93. The monoisotopic (exact) mass is 265 g/mol. The Balaban J connectivity index is 2.24. The largest absolute Gasteiger partial charge is 0.353 e. The molecule has 0 aliphatic carbocycles. The molecule has 1 aromatic carbocycles. The van der Waals surface area contributed by atoms with Gasteiger partial charge in [-0.3, -0.25) is 9.69 Å². The zero-order valence-corrected chi connectivity index (χ0v) is 11.1. The van der Waals surface area contributed by atoms with Gasteiger partial charge in [-0.1, -0.05) is 19.1 Å². The Hall–Kier alpha value is -1.46. The quantitative estimate of drug-likeness (QED) is 0.855. The lowest BCUT2D eigenvalue weighted by Crippen LogP contribution is -2.56. The van der Waals surface area contributed by atoms with Crippen LogP contribution in [0.3, 0.4) is 0 Å². The van der Waals surface area contributed by atoms with Crippen molar-refractivity contribution >= 4 is 5.91 Å². The van der Waals surface area contributed by atoms with Gasteiger partial charge in [0.15, 0.2) is 0 Å². The van der Waals surface area contributed by atoms with Gasteiger partial charge >= 0.3 is 0 Å². The van der Waals surface area contributed by atoms with Gasteiger partial charge in [-0.15, -0.1) is 0 Å². The topological polar surface area (TPSA) is 58.4 Å². The molecule has 4 nitrogen and oxygen atoms in total. The van der Waals surface area contributed by atoms with E-state index in [1.54, 1.807) is 12.1 Å². The maximum atomic E-state index is 13.0. The van der Waals surface area contributed by atoms with Gasteiger partial charge in [0.1, 0.15) is 5.82 Å². The lowest BCUT2D eigenvalue weighted by molar-refractivity contribution is -0.130. The molecule has 1 heterocycles. The van der Waals surface area contributed by atoms with Crippen molar-refractivity contribution < 1.29 is 9.18 Å². The van der Waals surface area contributed by atoms with Gasteiger partial charge in [0, 0.05) is 25.7 Å². The standard InChI is InChI=1S/C14H20FN3O/c1-2-12-14(19)17-7-8-18(12)13(9-16)10-3-5-11(15)6-4-10/h3-6,12-13H,2,7-9,16H2,1H3,(H,17,19). The molecule has 0 saturated carbocycles. The third-order valence-corrected chi connectivity index (χ3v) is 3.64. The van der Waals surface area contributed by atoms with Crippen LogP contribution in [-0.2, 0) is 4.79 Å². The van der Waals surface area contributed by atoms with Crippen molar-refractivity contribution in [3.8, 4) is 0 Å². The summed E-state index contributed by atoms with van der Waals surface area (Å²) in [6.45, 7) is 3.80. The predicted octanol–water partition coefficient (Wildman–Crippen LogP) is 1.04. The zero-order chi connectivity index (χ0) is 13.8. The van der Waals surface area contributed by atoms with Crippen LogP contribution in [0.15, 0.2) is 24.3 Å². The Kier molecular flexibility index (Phi) is 4.50. The van der Waals surface area contributed by atoms with E-state index >= 15 is 0 Å². The van der Waals surface area contributed by atoms with Crippen LogP contribution in [0.2, 0.25) is 0 Å². The first kappa shape index (κ1) is 14.0. The number of halogens is 1. The van der Waals surface area contributed by atoms with E-state index in [0.717, 1.165) is 18.5 Å². The molecule has 1 saturated heterocycles. The number of benzene rings is 1. The summed E-state index contributed by atoms with van der Waals surface area (Å²) in [5.41, 5.74) is 6.82. The van der Waals surface area contributed by atoms with E-state index in [2.05, 4.69) is 10.2 Å². The molecule has 1 amide bonds. The summed E-state index contributed by atoms with van der Waals surface area (Å²) in [6, 6.07) is 6.15. The lowest BCUT2D eigenvalue weighted by Gasteiger charge is -2.40. The maximum absolute atomic E-state index is 13.0. The first-order valence-corrected chi connectivity index (χ1v) is 6.66. The minimum Gasteiger partial charge on any atom is -0.353 e. The van der Waals surface area contributed by atoms with Crippen LogP contribution in [0.25, 0.3) is 0 Å². The second-order valence-electron chi connectivity index (χ2n) is 4.76. The fourth-order valence-corrected chi connectivity index (χ4v) is 2.67. The number of hydrogen-bond acceptors (Lipinski definition) is 3. The number of nitrogens with two attached hydrogens (primary N) is 1. The Labute approximate surface area is 112 Å². The van der Waals surface area contributed by atoms with E-state index in [1.807, 2.05) is 6.92 Å². The highest BCUT2D eigenvalue weighted by Crippen LogP contribution is 2.24. The van der Waals surface area contributed by atoms with E-state index in [-0.39, 0.29) is 23.8 Å². The number of nitrogens with zero attached hydrogens (tertiary/aromatic N) is 1. The zero-order valence-electron chi connectivity index (χ0n) is 11.1. The van der Waals surface area contributed by atoms with Gasteiger partial charge in [0.2, 0.25) is 5.91 Å². The summed E-state index contributed by atoms with van der Waals surface area (Å²) in [5, 5.41) is 2.87. The maximum Gasteiger partial charge on any atom is 0.237 e. The molecule has 2 unspecified atom stereocenters. The number of nitrogens with one attached hydrogen (secondary N) is 1. The van der Waals surface area contributed by atoms with Crippen molar-refractivity contribution in [2.75, 3.05) is 19.6 Å². The second kappa shape index (κ2) is 6.12. The number of carbonyl (C=O) groups excluding carboxylic acids is 1. The SMILES string of the molecule is CCC1C(=O)NCCN1C(CN)c1ccc(F)cc1. The van der Waals surface area contributed by atoms with E-state index in [0.29, 0.717) is 13.1 Å². The summed E-state index contributed by atoms with van der Waals surface area (Å²) in [6.07, 6.45) is 0.740. The fraction of sp³-hybridized carbons (Fsp3) is 0.500. The van der Waals surface area contributed by atoms with Crippen molar-refractivity contribution in [2.24, 2.45) is 5.73 Å². The fourth-order valence-electron chi connectivity index (χ4n) is 2.67. The van der Waals surface area contributed by atoms with Crippen LogP contribution >= 0.6 is 0 Å². The number of piperazine rings is 1. The molecule has 19 heavy (non-hydrogen) atoms. The first-order chi connectivity index (χ1) is 9.17. The lowest BCUT2D eigenvalue weighted by atomic mass is 10.00. The average Bonchev–Trinajstić information content (AvgIpc) is 2.42. The van der Waals surface area contributed by atoms with Crippen molar-refractivity contribution in [1.29, 1.82) is 0 Å². The van der Waals surface area contributed by atoms with Gasteiger partial charge in [-0.2, -0.15) is 0 Å². The van der Waals surface area contributed by atoms with Crippen molar-refractivity contribution in [3.63, 3.8) is 0 Å². The summed E-state index contributed by atoms with van der Waals surface area (Å²) in [4.78, 5) is 14.0. The van der Waals surface area contributed by atoms with Crippen molar-refractivity contribution in [3.05, 3.63) is 35.6 Å². The molecule has 2 atom stereocenters. The Bertz CT molecular complexity index is 435. The summed E-state index contributed by atoms with van der Waals surface area (Å²) < 4.78 is 13.0. The molecular formula is C14H20FN3O. The molecule has 0 aromatic heterocycles. The van der Waals surface area contributed by atoms with Gasteiger partial charge in [0.05, 0.1) is 6.04 Å². The van der Waals surface area contributed by atoms with Crippen LogP contribution in [0, 0.1) is 5.82 Å². The van der Waals surface area contributed by atoms with E-state index in [4.69, 9.17) is 5.73 Å². The Morgan fingerprint density at radius 1 is 1.47 bits per heavy atom. The molecule has 1 aliphatic rings. The van der Waals surface area contributed by atoms with Crippen molar-refractivity contribution in [1.82, 2.24) is 10.2 Å². The van der Waals surface area contributed by atoms with E-state index in [9.17, 15) is 9.18 Å². The minimum atomic E-state index is -0.261. The van der Waals surface area contributed by atoms with E-state index < -0.39 is 0 Å². The second-order valence-corrected chi connectivity index (χ2v) is 4.76. The minimum absolute atomic E-state index is 0.0448.